The van der Waals surface area contributed by atoms with E-state index in [1.807, 2.05) is 25.7 Å². The quantitative estimate of drug-likeness (QED) is 0.366. The second-order valence-corrected chi connectivity index (χ2v) is 11.9. The third kappa shape index (κ3) is 6.94. The van der Waals surface area contributed by atoms with E-state index in [2.05, 4.69) is 0 Å². The van der Waals surface area contributed by atoms with E-state index < -0.39 is 10.9 Å². The van der Waals surface area contributed by atoms with E-state index in [-0.39, 0.29) is 24.3 Å². The zero-order chi connectivity index (χ0) is 26.7. The zero-order valence-corrected chi connectivity index (χ0v) is 23.2. The summed E-state index contributed by atoms with van der Waals surface area (Å²) in [4.78, 5) is 42.9. The number of rotatable bonds is 4. The lowest BCUT2D eigenvalue weighted by Crippen LogP contribution is -2.51. The van der Waals surface area contributed by atoms with Crippen LogP contribution in [0.4, 0.5) is 10.5 Å². The van der Waals surface area contributed by atoms with E-state index in [4.69, 9.17) is 33.3 Å². The molecular formula is C26H28ClN3O5S2. The van der Waals surface area contributed by atoms with Crippen molar-refractivity contribution in [2.75, 3.05) is 31.1 Å². The lowest BCUT2D eigenvalue weighted by molar-refractivity contribution is -0.121. The Bertz CT molecular complexity index is 1180. The molecule has 2 aromatic carbocycles. The highest BCUT2D eigenvalue weighted by Crippen LogP contribution is 2.33. The SMILES string of the molecule is CC(C)(C)OC(=O)N1CCN(C(=S)S[C@H]2CC(=O)N(c3ccc(Oc4ccc(Cl)cc4)cc3)C2=O)CC1. The monoisotopic (exact) mass is 561 g/mol. The van der Waals surface area contributed by atoms with Gasteiger partial charge in [0.1, 0.15) is 26.7 Å². The Kier molecular flexibility index (Phi) is 8.30. The van der Waals surface area contributed by atoms with Crippen LogP contribution in [0.15, 0.2) is 48.5 Å². The van der Waals surface area contributed by atoms with Crippen molar-refractivity contribution in [1.82, 2.24) is 9.80 Å². The maximum Gasteiger partial charge on any atom is 0.410 e. The number of nitrogens with zero attached hydrogens (tertiary/aromatic N) is 3. The summed E-state index contributed by atoms with van der Waals surface area (Å²) < 4.78 is 11.8. The van der Waals surface area contributed by atoms with E-state index in [9.17, 15) is 14.4 Å². The number of carbonyl (C=O) groups is 3. The molecule has 8 nitrogen and oxygen atoms in total. The van der Waals surface area contributed by atoms with Gasteiger partial charge in [-0.05, 0) is 69.3 Å². The van der Waals surface area contributed by atoms with Gasteiger partial charge in [0.25, 0.3) is 0 Å². The largest absolute Gasteiger partial charge is 0.457 e. The van der Waals surface area contributed by atoms with E-state index >= 15 is 0 Å². The molecule has 1 atom stereocenters. The Balaban J connectivity index is 1.31. The average Bonchev–Trinajstić information content (AvgIpc) is 3.12. The van der Waals surface area contributed by atoms with Gasteiger partial charge < -0.3 is 19.3 Å². The van der Waals surface area contributed by atoms with Crippen LogP contribution in [0.25, 0.3) is 0 Å². The van der Waals surface area contributed by atoms with Gasteiger partial charge in [-0.2, -0.15) is 0 Å². The lowest BCUT2D eigenvalue weighted by Gasteiger charge is -2.36. The van der Waals surface area contributed by atoms with Crippen molar-refractivity contribution in [3.8, 4) is 11.5 Å². The van der Waals surface area contributed by atoms with Gasteiger partial charge in [0.05, 0.1) is 5.69 Å². The predicted octanol–water partition coefficient (Wildman–Crippen LogP) is 5.34. The number of piperazine rings is 1. The molecule has 2 aliphatic rings. The molecule has 2 aromatic rings. The Morgan fingerprint density at radius 1 is 0.946 bits per heavy atom. The highest BCUT2D eigenvalue weighted by Gasteiger charge is 2.41. The van der Waals surface area contributed by atoms with Crippen molar-refractivity contribution in [1.29, 1.82) is 0 Å². The number of anilines is 1. The van der Waals surface area contributed by atoms with Gasteiger partial charge in [0.2, 0.25) is 11.8 Å². The first-order valence-electron chi connectivity index (χ1n) is 11.8. The highest BCUT2D eigenvalue weighted by molar-refractivity contribution is 8.23. The summed E-state index contributed by atoms with van der Waals surface area (Å²) in [6, 6.07) is 13.8. The molecule has 3 amide bonds. The number of ether oxygens (including phenoxy) is 2. The van der Waals surface area contributed by atoms with Crippen molar-refractivity contribution in [2.24, 2.45) is 0 Å². The third-order valence-electron chi connectivity index (χ3n) is 5.68. The van der Waals surface area contributed by atoms with Crippen LogP contribution in [0.2, 0.25) is 5.02 Å². The predicted molar refractivity (Wildman–Crippen MR) is 148 cm³/mol. The number of amides is 3. The van der Waals surface area contributed by atoms with E-state index in [0.29, 0.717) is 52.7 Å². The summed E-state index contributed by atoms with van der Waals surface area (Å²) in [5.41, 5.74) is -0.0663. The Labute approximate surface area is 230 Å². The van der Waals surface area contributed by atoms with Crippen molar-refractivity contribution in [2.45, 2.75) is 38.0 Å². The molecule has 196 valence electrons. The van der Waals surface area contributed by atoms with Crippen molar-refractivity contribution in [3.05, 3.63) is 53.6 Å². The maximum absolute atomic E-state index is 13.1. The van der Waals surface area contributed by atoms with Crippen LogP contribution < -0.4 is 9.64 Å². The molecule has 2 fully saturated rings. The zero-order valence-electron chi connectivity index (χ0n) is 20.8. The number of thioether (sulfide) groups is 1. The van der Waals surface area contributed by atoms with Gasteiger partial charge in [-0.15, -0.1) is 0 Å². The number of halogens is 1. The molecule has 0 aliphatic carbocycles. The molecule has 0 spiro atoms. The maximum atomic E-state index is 13.1. The summed E-state index contributed by atoms with van der Waals surface area (Å²) in [6.45, 7) is 7.53. The van der Waals surface area contributed by atoms with Gasteiger partial charge >= 0.3 is 6.09 Å². The van der Waals surface area contributed by atoms with Crippen LogP contribution in [-0.4, -0.2) is 69.1 Å². The third-order valence-corrected chi connectivity index (χ3v) is 7.59. The van der Waals surface area contributed by atoms with Crippen LogP contribution >= 0.6 is 35.6 Å². The molecule has 4 rings (SSSR count). The van der Waals surface area contributed by atoms with Crippen LogP contribution in [0.1, 0.15) is 27.2 Å². The Morgan fingerprint density at radius 3 is 2.05 bits per heavy atom. The van der Waals surface area contributed by atoms with Gasteiger partial charge in [-0.3, -0.25) is 9.59 Å². The molecule has 0 saturated carbocycles. The van der Waals surface area contributed by atoms with Crippen LogP contribution in [0.3, 0.4) is 0 Å². The molecule has 37 heavy (non-hydrogen) atoms. The lowest BCUT2D eigenvalue weighted by atomic mass is 10.2. The van der Waals surface area contributed by atoms with E-state index in [0.717, 1.165) is 0 Å². The Morgan fingerprint density at radius 2 is 1.49 bits per heavy atom. The summed E-state index contributed by atoms with van der Waals surface area (Å²) in [7, 11) is 0. The minimum atomic E-state index is -0.589. The second kappa shape index (κ2) is 11.3. The molecule has 2 aliphatic heterocycles. The van der Waals surface area contributed by atoms with Crippen LogP contribution in [0, 0.1) is 0 Å². The summed E-state index contributed by atoms with van der Waals surface area (Å²) in [5, 5.41) is 0.0256. The fourth-order valence-corrected chi connectivity index (χ4v) is 5.53. The normalized spacial score (nSPS) is 18.3. The first-order valence-corrected chi connectivity index (χ1v) is 13.5. The molecule has 11 heteroatoms. The molecule has 0 bridgehead atoms. The van der Waals surface area contributed by atoms with Crippen molar-refractivity contribution < 1.29 is 23.9 Å². The number of imide groups is 1. The summed E-state index contributed by atoms with van der Waals surface area (Å²) in [5.74, 6) is 0.632. The molecule has 0 N–H and O–H groups in total. The van der Waals surface area contributed by atoms with Crippen LogP contribution in [-0.2, 0) is 14.3 Å². The number of thiocarbonyl (C=S) groups is 1. The minimum absolute atomic E-state index is 0.0739. The van der Waals surface area contributed by atoms with Crippen LogP contribution in [0.5, 0.6) is 11.5 Å². The van der Waals surface area contributed by atoms with Gasteiger partial charge in [-0.25, -0.2) is 9.69 Å². The first kappa shape index (κ1) is 27.2. The standard InChI is InChI=1S/C26H28ClN3O5S2/c1-26(2,3)35-24(33)28-12-14-29(15-13-28)25(36)37-21-16-22(31)30(23(21)32)18-6-10-20(11-7-18)34-19-8-4-17(27)5-9-19/h4-11,21H,12-16H2,1-3H3/t21-/m0/s1. The first-order chi connectivity index (χ1) is 17.5. The van der Waals surface area contributed by atoms with Gasteiger partial charge in [0.15, 0.2) is 0 Å². The molecule has 0 radical (unpaired) electrons. The summed E-state index contributed by atoms with van der Waals surface area (Å²) in [6.07, 6.45) is -0.271. The Hall–Kier alpha value is -2.82. The smallest absolute Gasteiger partial charge is 0.410 e. The molecule has 0 unspecified atom stereocenters. The second-order valence-electron chi connectivity index (χ2n) is 9.65. The molecule has 0 aromatic heterocycles. The molecule has 2 saturated heterocycles. The minimum Gasteiger partial charge on any atom is -0.457 e. The average molecular weight is 562 g/mol. The number of benzene rings is 2. The van der Waals surface area contributed by atoms with E-state index in [1.54, 1.807) is 53.4 Å². The fourth-order valence-electron chi connectivity index (χ4n) is 3.86. The number of hydrogen-bond acceptors (Lipinski definition) is 7. The van der Waals surface area contributed by atoms with Gasteiger partial charge in [-0.1, -0.05) is 35.6 Å². The van der Waals surface area contributed by atoms with E-state index in [1.165, 1.54) is 16.7 Å². The molecule has 2 heterocycles. The fraction of sp³-hybridized carbons (Fsp3) is 0.385. The highest BCUT2D eigenvalue weighted by atomic mass is 35.5. The number of carbonyl (C=O) groups excluding carboxylic acids is 3. The summed E-state index contributed by atoms with van der Waals surface area (Å²) >= 11 is 12.7. The van der Waals surface area contributed by atoms with Crippen molar-refractivity contribution in [3.63, 3.8) is 0 Å². The number of hydrogen-bond donors (Lipinski definition) is 0. The van der Waals surface area contributed by atoms with Crippen molar-refractivity contribution >= 4 is 63.5 Å². The van der Waals surface area contributed by atoms with Gasteiger partial charge in [0, 0.05) is 37.6 Å². The topological polar surface area (TPSA) is 79.4 Å². The molecular weight excluding hydrogens is 534 g/mol.